The van der Waals surface area contributed by atoms with Crippen molar-refractivity contribution in [2.24, 2.45) is 0 Å². The fraction of sp³-hybridized carbons (Fsp3) is 0.727. The van der Waals surface area contributed by atoms with Gasteiger partial charge in [-0.2, -0.15) is 0 Å². The molecule has 0 spiro atoms. The second kappa shape index (κ2) is 4.33. The highest BCUT2D eigenvalue weighted by atomic mass is 15.2. The molecule has 4 nitrogen and oxygen atoms in total. The van der Waals surface area contributed by atoms with Gasteiger partial charge in [-0.1, -0.05) is 0 Å². The van der Waals surface area contributed by atoms with Crippen LogP contribution in [0.15, 0.2) is 12.5 Å². The van der Waals surface area contributed by atoms with Crippen LogP contribution >= 0.6 is 0 Å². The second-order valence-electron chi connectivity index (χ2n) is 4.69. The Morgan fingerprint density at radius 3 is 2.87 bits per heavy atom. The quantitative estimate of drug-likeness (QED) is 0.790. The maximum atomic E-state index is 4.27. The average Bonchev–Trinajstić information content (AvgIpc) is 2.48. The van der Waals surface area contributed by atoms with E-state index < -0.39 is 0 Å². The molecule has 15 heavy (non-hydrogen) atoms. The molecule has 1 aliphatic rings. The fourth-order valence-electron chi connectivity index (χ4n) is 2.11. The van der Waals surface area contributed by atoms with Crippen molar-refractivity contribution in [2.75, 3.05) is 33.7 Å². The molecule has 1 aliphatic heterocycles. The van der Waals surface area contributed by atoms with Gasteiger partial charge < -0.3 is 14.8 Å². The van der Waals surface area contributed by atoms with Gasteiger partial charge in [0, 0.05) is 43.5 Å². The fourth-order valence-corrected chi connectivity index (χ4v) is 2.11. The summed E-state index contributed by atoms with van der Waals surface area (Å²) in [6, 6.07) is 0.498. The van der Waals surface area contributed by atoms with Gasteiger partial charge in [0.05, 0.1) is 6.33 Å². The first kappa shape index (κ1) is 10.6. The summed E-state index contributed by atoms with van der Waals surface area (Å²) < 4.78 is 2.31. The van der Waals surface area contributed by atoms with Crippen LogP contribution in [0.3, 0.4) is 0 Å². The molecule has 1 unspecified atom stereocenters. The predicted octanol–water partition coefficient (Wildman–Crippen LogP) is 0.692. The molecule has 0 radical (unpaired) electrons. The van der Waals surface area contributed by atoms with Gasteiger partial charge in [-0.05, 0) is 21.0 Å². The minimum Gasteiger partial charge on any atom is -0.330 e. The Balaban J connectivity index is 2.09. The molecular formula is C11H20N4. The van der Waals surface area contributed by atoms with Crippen LogP contribution in [-0.2, 0) is 0 Å². The summed E-state index contributed by atoms with van der Waals surface area (Å²) in [5, 5.41) is 3.30. The molecule has 1 atom stereocenters. The summed E-state index contributed by atoms with van der Waals surface area (Å²) in [5.41, 5.74) is 1.38. The van der Waals surface area contributed by atoms with Crippen LogP contribution < -0.4 is 5.32 Å². The second-order valence-corrected chi connectivity index (χ2v) is 4.69. The van der Waals surface area contributed by atoms with Crippen LogP contribution in [0.2, 0.25) is 0 Å². The molecule has 1 aromatic heterocycles. The van der Waals surface area contributed by atoms with E-state index in [1.165, 1.54) is 5.69 Å². The Kier molecular flexibility index (Phi) is 3.07. The maximum absolute atomic E-state index is 4.27. The molecule has 0 saturated carbocycles. The number of rotatable bonds is 4. The van der Waals surface area contributed by atoms with Crippen molar-refractivity contribution >= 4 is 0 Å². The average molecular weight is 208 g/mol. The summed E-state index contributed by atoms with van der Waals surface area (Å²) in [5.74, 6) is 0.664. The largest absolute Gasteiger partial charge is 0.330 e. The van der Waals surface area contributed by atoms with Gasteiger partial charge in [0.25, 0.3) is 0 Å². The summed E-state index contributed by atoms with van der Waals surface area (Å²) >= 11 is 0. The highest BCUT2D eigenvalue weighted by molar-refractivity contribution is 5.12. The van der Waals surface area contributed by atoms with Crippen LogP contribution in [0.1, 0.15) is 24.6 Å². The van der Waals surface area contributed by atoms with E-state index in [2.05, 4.69) is 40.8 Å². The highest BCUT2D eigenvalue weighted by Crippen LogP contribution is 2.22. The first-order valence-electron chi connectivity index (χ1n) is 5.55. The zero-order valence-electron chi connectivity index (χ0n) is 9.77. The summed E-state index contributed by atoms with van der Waals surface area (Å²) in [6.45, 7) is 5.50. The van der Waals surface area contributed by atoms with Gasteiger partial charge in [-0.3, -0.25) is 0 Å². The SMILES string of the molecule is CC(CN(C)C)n1cncc1C1CNC1. The van der Waals surface area contributed by atoms with Crippen molar-refractivity contribution in [3.05, 3.63) is 18.2 Å². The Hall–Kier alpha value is -0.870. The number of likely N-dealkylation sites (N-methyl/N-ethyl adjacent to an activating group) is 1. The topological polar surface area (TPSA) is 33.1 Å². The molecule has 1 fully saturated rings. The van der Waals surface area contributed by atoms with E-state index in [1.54, 1.807) is 0 Å². The van der Waals surface area contributed by atoms with Crippen LogP contribution in [0, 0.1) is 0 Å². The lowest BCUT2D eigenvalue weighted by Crippen LogP contribution is -2.41. The molecule has 4 heteroatoms. The number of aromatic nitrogens is 2. The Morgan fingerprint density at radius 1 is 1.60 bits per heavy atom. The summed E-state index contributed by atoms with van der Waals surface area (Å²) in [7, 11) is 4.22. The molecule has 1 saturated heterocycles. The van der Waals surface area contributed by atoms with Gasteiger partial charge in [-0.15, -0.1) is 0 Å². The lowest BCUT2D eigenvalue weighted by molar-refractivity contribution is 0.322. The minimum absolute atomic E-state index is 0.498. The zero-order valence-corrected chi connectivity index (χ0v) is 9.77. The molecule has 84 valence electrons. The van der Waals surface area contributed by atoms with E-state index in [4.69, 9.17) is 0 Å². The third-order valence-electron chi connectivity index (χ3n) is 3.00. The van der Waals surface area contributed by atoms with Crippen LogP contribution in [0.4, 0.5) is 0 Å². The molecule has 1 N–H and O–H groups in total. The van der Waals surface area contributed by atoms with Crippen LogP contribution in [-0.4, -0.2) is 48.2 Å². The Bertz CT molecular complexity index is 314. The van der Waals surface area contributed by atoms with E-state index in [-0.39, 0.29) is 0 Å². The van der Waals surface area contributed by atoms with E-state index >= 15 is 0 Å². The smallest absolute Gasteiger partial charge is 0.0951 e. The number of imidazole rings is 1. The van der Waals surface area contributed by atoms with Crippen LogP contribution in [0.5, 0.6) is 0 Å². The zero-order chi connectivity index (χ0) is 10.8. The third kappa shape index (κ3) is 2.21. The minimum atomic E-state index is 0.498. The molecule has 0 aliphatic carbocycles. The lowest BCUT2D eigenvalue weighted by Gasteiger charge is -2.30. The number of nitrogens with zero attached hydrogens (tertiary/aromatic N) is 3. The molecule has 2 heterocycles. The molecular weight excluding hydrogens is 188 g/mol. The number of hydrogen-bond donors (Lipinski definition) is 1. The van der Waals surface area contributed by atoms with Gasteiger partial charge in [0.1, 0.15) is 0 Å². The molecule has 1 aromatic rings. The van der Waals surface area contributed by atoms with Crippen LogP contribution in [0.25, 0.3) is 0 Å². The molecule has 0 amide bonds. The van der Waals surface area contributed by atoms with Crippen molar-refractivity contribution < 1.29 is 0 Å². The van der Waals surface area contributed by atoms with Crippen molar-refractivity contribution in [1.82, 2.24) is 19.8 Å². The van der Waals surface area contributed by atoms with Crippen molar-refractivity contribution in [2.45, 2.75) is 18.9 Å². The first-order chi connectivity index (χ1) is 7.18. The number of nitrogens with one attached hydrogen (secondary N) is 1. The van der Waals surface area contributed by atoms with Crippen molar-refractivity contribution in [1.29, 1.82) is 0 Å². The normalized spacial score (nSPS) is 19.2. The van der Waals surface area contributed by atoms with E-state index in [9.17, 15) is 0 Å². The van der Waals surface area contributed by atoms with Crippen molar-refractivity contribution in [3.63, 3.8) is 0 Å². The summed E-state index contributed by atoms with van der Waals surface area (Å²) in [4.78, 5) is 6.49. The predicted molar refractivity (Wildman–Crippen MR) is 61.1 cm³/mol. The monoisotopic (exact) mass is 208 g/mol. The molecule has 2 rings (SSSR count). The summed E-state index contributed by atoms with van der Waals surface area (Å²) in [6.07, 6.45) is 3.97. The first-order valence-corrected chi connectivity index (χ1v) is 5.55. The Labute approximate surface area is 91.3 Å². The molecule has 0 bridgehead atoms. The van der Waals surface area contributed by atoms with Gasteiger partial charge in [0.15, 0.2) is 0 Å². The van der Waals surface area contributed by atoms with Gasteiger partial charge >= 0.3 is 0 Å². The van der Waals surface area contributed by atoms with E-state index in [1.807, 2.05) is 12.5 Å². The van der Waals surface area contributed by atoms with E-state index in [0.717, 1.165) is 19.6 Å². The van der Waals surface area contributed by atoms with Crippen molar-refractivity contribution in [3.8, 4) is 0 Å². The Morgan fingerprint density at radius 2 is 2.33 bits per heavy atom. The van der Waals surface area contributed by atoms with Gasteiger partial charge in [-0.25, -0.2) is 4.98 Å². The standard InChI is InChI=1S/C11H20N4/c1-9(7-14(2)3)15-8-13-6-11(15)10-4-12-5-10/h6,8-10,12H,4-5,7H2,1-3H3. The lowest BCUT2D eigenvalue weighted by atomic mass is 9.99. The highest BCUT2D eigenvalue weighted by Gasteiger charge is 2.23. The van der Waals surface area contributed by atoms with Gasteiger partial charge in [0.2, 0.25) is 0 Å². The third-order valence-corrected chi connectivity index (χ3v) is 3.00. The molecule has 0 aromatic carbocycles. The van der Waals surface area contributed by atoms with E-state index in [0.29, 0.717) is 12.0 Å². The number of hydrogen-bond acceptors (Lipinski definition) is 3. The maximum Gasteiger partial charge on any atom is 0.0951 e.